The molecule has 6 nitrogen and oxygen atoms in total. The van der Waals surface area contributed by atoms with Crippen molar-refractivity contribution < 1.29 is 24.2 Å². The fourth-order valence-electron chi connectivity index (χ4n) is 2.10. The Bertz CT molecular complexity index is 508. The number of methoxy groups -OCH3 is 1. The smallest absolute Gasteiger partial charge is 0.339 e. The lowest BCUT2D eigenvalue weighted by Gasteiger charge is -2.25. The van der Waals surface area contributed by atoms with Crippen LogP contribution in [0.15, 0.2) is 18.2 Å². The summed E-state index contributed by atoms with van der Waals surface area (Å²) in [5.74, 6) is -0.958. The summed E-state index contributed by atoms with van der Waals surface area (Å²) in [4.78, 5) is 25.3. The van der Waals surface area contributed by atoms with Crippen LogP contribution < -0.4 is 4.74 Å². The molecule has 0 bridgehead atoms. The van der Waals surface area contributed by atoms with Gasteiger partial charge in [-0.3, -0.25) is 9.69 Å². The zero-order valence-corrected chi connectivity index (χ0v) is 11.3. The number of rotatable bonds is 5. The number of carboxylic acid groups (broad SMARTS) is 1. The van der Waals surface area contributed by atoms with Crippen LogP contribution in [-0.4, -0.2) is 61.7 Å². The van der Waals surface area contributed by atoms with Crippen LogP contribution in [0.1, 0.15) is 20.7 Å². The predicted octanol–water partition coefficient (Wildman–Crippen LogP) is 0.908. The summed E-state index contributed by atoms with van der Waals surface area (Å²) in [5.41, 5.74) is 0.384. The van der Waals surface area contributed by atoms with Gasteiger partial charge in [-0.15, -0.1) is 0 Å². The number of hydrogen-bond acceptors (Lipinski definition) is 5. The molecule has 0 radical (unpaired) electrons. The maximum Gasteiger partial charge on any atom is 0.339 e. The Balaban J connectivity index is 2.13. The monoisotopic (exact) mass is 279 g/mol. The van der Waals surface area contributed by atoms with E-state index in [0.717, 1.165) is 0 Å². The normalized spacial score (nSPS) is 15.8. The van der Waals surface area contributed by atoms with Gasteiger partial charge in [0, 0.05) is 18.7 Å². The van der Waals surface area contributed by atoms with E-state index in [9.17, 15) is 9.59 Å². The van der Waals surface area contributed by atoms with Crippen molar-refractivity contribution in [1.82, 2.24) is 4.90 Å². The molecular weight excluding hydrogens is 262 g/mol. The van der Waals surface area contributed by atoms with E-state index in [1.54, 1.807) is 6.07 Å². The minimum absolute atomic E-state index is 0.000303. The summed E-state index contributed by atoms with van der Waals surface area (Å²) in [7, 11) is 1.40. The predicted molar refractivity (Wildman–Crippen MR) is 71.5 cm³/mol. The third kappa shape index (κ3) is 3.34. The third-order valence-electron chi connectivity index (χ3n) is 3.22. The Kier molecular flexibility index (Phi) is 4.70. The van der Waals surface area contributed by atoms with Crippen LogP contribution in [0, 0.1) is 0 Å². The number of carbonyl (C=O) groups excluding carboxylic acids is 1. The molecule has 1 aromatic carbocycles. The van der Waals surface area contributed by atoms with Gasteiger partial charge in [-0.1, -0.05) is 0 Å². The summed E-state index contributed by atoms with van der Waals surface area (Å²) >= 11 is 0. The van der Waals surface area contributed by atoms with E-state index in [1.807, 2.05) is 4.90 Å². The molecule has 0 atom stereocenters. The lowest BCUT2D eigenvalue weighted by atomic mass is 10.1. The first kappa shape index (κ1) is 14.5. The number of carboxylic acids is 1. The summed E-state index contributed by atoms with van der Waals surface area (Å²) < 4.78 is 10.2. The maximum absolute atomic E-state index is 12.2. The number of aromatic carboxylic acids is 1. The SMILES string of the molecule is COc1ccc(C(=O)CN2CCOCC2)cc1C(=O)O. The van der Waals surface area contributed by atoms with Crippen LogP contribution in [0.3, 0.4) is 0 Å². The zero-order chi connectivity index (χ0) is 14.5. The summed E-state index contributed by atoms with van der Waals surface area (Å²) in [6, 6.07) is 4.47. The van der Waals surface area contributed by atoms with Gasteiger partial charge in [0.05, 0.1) is 26.9 Å². The molecule has 0 aliphatic carbocycles. The average Bonchev–Trinajstić information content (AvgIpc) is 2.47. The highest BCUT2D eigenvalue weighted by atomic mass is 16.5. The topological polar surface area (TPSA) is 76.1 Å². The fourth-order valence-corrected chi connectivity index (χ4v) is 2.10. The summed E-state index contributed by atoms with van der Waals surface area (Å²) in [6.45, 7) is 2.95. The number of benzene rings is 1. The van der Waals surface area contributed by atoms with Gasteiger partial charge in [0.25, 0.3) is 0 Å². The second-order valence-electron chi connectivity index (χ2n) is 4.53. The van der Waals surface area contributed by atoms with Crippen molar-refractivity contribution in [2.24, 2.45) is 0 Å². The van der Waals surface area contributed by atoms with Gasteiger partial charge in [0.1, 0.15) is 11.3 Å². The molecule has 2 rings (SSSR count). The lowest BCUT2D eigenvalue weighted by Crippen LogP contribution is -2.39. The highest BCUT2D eigenvalue weighted by Gasteiger charge is 2.18. The first-order chi connectivity index (χ1) is 9.61. The molecule has 0 unspecified atom stereocenters. The Morgan fingerprint density at radius 1 is 1.35 bits per heavy atom. The molecule has 1 aliphatic heterocycles. The second kappa shape index (κ2) is 6.49. The number of ketones is 1. The van der Waals surface area contributed by atoms with Gasteiger partial charge in [0.2, 0.25) is 0 Å². The summed E-state index contributed by atoms with van der Waals surface area (Å²) in [6.07, 6.45) is 0. The van der Waals surface area contributed by atoms with E-state index in [2.05, 4.69) is 0 Å². The standard InChI is InChI=1S/C14H17NO5/c1-19-13-3-2-10(8-11(13)14(17)18)12(16)9-15-4-6-20-7-5-15/h2-3,8H,4-7,9H2,1H3,(H,17,18). The average molecular weight is 279 g/mol. The molecule has 0 saturated carbocycles. The van der Waals surface area contributed by atoms with E-state index in [4.69, 9.17) is 14.6 Å². The van der Waals surface area contributed by atoms with E-state index < -0.39 is 5.97 Å². The van der Waals surface area contributed by atoms with Gasteiger partial charge in [-0.05, 0) is 18.2 Å². The number of Topliss-reactive ketones (excluding diaryl/α,β-unsaturated/α-hetero) is 1. The van der Waals surface area contributed by atoms with E-state index in [0.29, 0.717) is 31.9 Å². The third-order valence-corrected chi connectivity index (χ3v) is 3.22. The van der Waals surface area contributed by atoms with E-state index >= 15 is 0 Å². The molecule has 6 heteroatoms. The van der Waals surface area contributed by atoms with Crippen LogP contribution in [0.2, 0.25) is 0 Å². The highest BCUT2D eigenvalue weighted by molar-refractivity contribution is 6.01. The van der Waals surface area contributed by atoms with Crippen molar-refractivity contribution in [1.29, 1.82) is 0 Å². The van der Waals surface area contributed by atoms with Crippen LogP contribution in [0.5, 0.6) is 5.75 Å². The van der Waals surface area contributed by atoms with Crippen molar-refractivity contribution in [3.05, 3.63) is 29.3 Å². The Labute approximate surface area is 116 Å². The van der Waals surface area contributed by atoms with Gasteiger partial charge in [-0.25, -0.2) is 4.79 Å². The van der Waals surface area contributed by atoms with Crippen molar-refractivity contribution in [2.45, 2.75) is 0 Å². The molecule has 1 fully saturated rings. The molecule has 108 valence electrons. The minimum Gasteiger partial charge on any atom is -0.496 e. The summed E-state index contributed by atoms with van der Waals surface area (Å²) in [5, 5.41) is 9.11. The Morgan fingerprint density at radius 3 is 2.65 bits per heavy atom. The molecule has 0 aromatic heterocycles. The molecule has 1 aromatic rings. The molecule has 1 saturated heterocycles. The largest absolute Gasteiger partial charge is 0.496 e. The van der Waals surface area contributed by atoms with Gasteiger partial charge in [-0.2, -0.15) is 0 Å². The second-order valence-corrected chi connectivity index (χ2v) is 4.53. The molecule has 1 N–H and O–H groups in total. The fraction of sp³-hybridized carbons (Fsp3) is 0.429. The number of hydrogen-bond donors (Lipinski definition) is 1. The Morgan fingerprint density at radius 2 is 2.05 bits per heavy atom. The number of ether oxygens (including phenoxy) is 2. The zero-order valence-electron chi connectivity index (χ0n) is 11.3. The van der Waals surface area contributed by atoms with Crippen molar-refractivity contribution in [3.63, 3.8) is 0 Å². The van der Waals surface area contributed by atoms with Crippen LogP contribution in [0.4, 0.5) is 0 Å². The van der Waals surface area contributed by atoms with Crippen molar-refractivity contribution >= 4 is 11.8 Å². The molecule has 1 aliphatic rings. The van der Waals surface area contributed by atoms with Gasteiger partial charge >= 0.3 is 5.97 Å². The molecule has 0 amide bonds. The number of carbonyl (C=O) groups is 2. The van der Waals surface area contributed by atoms with Crippen molar-refractivity contribution in [2.75, 3.05) is 40.0 Å². The van der Waals surface area contributed by atoms with E-state index in [-0.39, 0.29) is 23.6 Å². The number of nitrogens with zero attached hydrogens (tertiary/aromatic N) is 1. The first-order valence-corrected chi connectivity index (χ1v) is 6.36. The molecule has 1 heterocycles. The first-order valence-electron chi connectivity index (χ1n) is 6.36. The number of morpholine rings is 1. The quantitative estimate of drug-likeness (QED) is 0.807. The molecular formula is C14H17NO5. The highest BCUT2D eigenvalue weighted by Crippen LogP contribution is 2.20. The van der Waals surface area contributed by atoms with Gasteiger partial charge < -0.3 is 14.6 Å². The van der Waals surface area contributed by atoms with Gasteiger partial charge in [0.15, 0.2) is 5.78 Å². The molecule has 0 spiro atoms. The minimum atomic E-state index is -1.11. The Hall–Kier alpha value is -1.92. The maximum atomic E-state index is 12.2. The van der Waals surface area contributed by atoms with Crippen LogP contribution in [0.25, 0.3) is 0 Å². The van der Waals surface area contributed by atoms with Crippen LogP contribution in [-0.2, 0) is 4.74 Å². The van der Waals surface area contributed by atoms with Crippen molar-refractivity contribution in [3.8, 4) is 5.75 Å². The van der Waals surface area contributed by atoms with E-state index in [1.165, 1.54) is 19.2 Å². The van der Waals surface area contributed by atoms with Crippen LogP contribution >= 0.6 is 0 Å². The lowest BCUT2D eigenvalue weighted by molar-refractivity contribution is 0.0371. The molecule has 20 heavy (non-hydrogen) atoms.